The molecule has 0 aliphatic rings. The Kier molecular flexibility index (Phi) is 5.95. The van der Waals surface area contributed by atoms with Crippen LogP contribution in [-0.2, 0) is 6.54 Å². The fourth-order valence-electron chi connectivity index (χ4n) is 1.97. The Balaban J connectivity index is 2.67. The smallest absolute Gasteiger partial charge is 0.165 e. The number of nitrogens with one attached hydrogen (secondary N) is 1. The van der Waals surface area contributed by atoms with Crippen LogP contribution < -0.4 is 14.8 Å². The summed E-state index contributed by atoms with van der Waals surface area (Å²) < 4.78 is 10.6. The number of aliphatic hydroxyl groups is 1. The van der Waals surface area contributed by atoms with Gasteiger partial charge in [-0.3, -0.25) is 0 Å². The maximum Gasteiger partial charge on any atom is 0.165 e. The summed E-state index contributed by atoms with van der Waals surface area (Å²) in [4.78, 5) is 0. The lowest BCUT2D eigenvalue weighted by atomic mass is 10.1. The number of hydrogen-bond donors (Lipinski definition) is 2. The molecule has 18 heavy (non-hydrogen) atoms. The van der Waals surface area contributed by atoms with Gasteiger partial charge in [-0.15, -0.1) is 0 Å². The first kappa shape index (κ1) is 14.8. The standard InChI is InChI=1S/C14H23NO3/c1-10(8-11(2)16)15-9-12-6-5-7-13(17-3)14(12)18-4/h5-7,10-11,15-16H,8-9H2,1-4H3. The minimum absolute atomic E-state index is 0.251. The number of para-hydroxylation sites is 1. The maximum absolute atomic E-state index is 9.32. The van der Waals surface area contributed by atoms with Crippen molar-refractivity contribution < 1.29 is 14.6 Å². The highest BCUT2D eigenvalue weighted by Gasteiger charge is 2.11. The van der Waals surface area contributed by atoms with Gasteiger partial charge in [-0.25, -0.2) is 0 Å². The SMILES string of the molecule is COc1cccc(CNC(C)CC(C)O)c1OC. The molecule has 0 spiro atoms. The molecule has 0 aliphatic heterocycles. The molecular formula is C14H23NO3. The van der Waals surface area contributed by atoms with Crippen LogP contribution in [0.2, 0.25) is 0 Å². The molecule has 0 amide bonds. The quantitative estimate of drug-likeness (QED) is 0.780. The van der Waals surface area contributed by atoms with E-state index in [0.29, 0.717) is 6.54 Å². The molecule has 0 fully saturated rings. The lowest BCUT2D eigenvalue weighted by Crippen LogP contribution is -2.28. The summed E-state index contributed by atoms with van der Waals surface area (Å²) in [5, 5.41) is 12.7. The van der Waals surface area contributed by atoms with Crippen LogP contribution >= 0.6 is 0 Å². The van der Waals surface area contributed by atoms with Crippen molar-refractivity contribution in [2.45, 2.75) is 39.0 Å². The Hall–Kier alpha value is -1.26. The highest BCUT2D eigenvalue weighted by molar-refractivity contribution is 5.46. The third-order valence-corrected chi connectivity index (χ3v) is 2.82. The van der Waals surface area contributed by atoms with Crippen molar-refractivity contribution in [2.24, 2.45) is 0 Å². The van der Waals surface area contributed by atoms with Gasteiger partial charge in [-0.05, 0) is 26.3 Å². The molecule has 4 nitrogen and oxygen atoms in total. The van der Waals surface area contributed by atoms with Crippen LogP contribution in [0.15, 0.2) is 18.2 Å². The van der Waals surface area contributed by atoms with E-state index >= 15 is 0 Å². The van der Waals surface area contributed by atoms with E-state index in [1.807, 2.05) is 18.2 Å². The van der Waals surface area contributed by atoms with Crippen LogP contribution in [0.3, 0.4) is 0 Å². The Bertz CT molecular complexity index is 366. The third-order valence-electron chi connectivity index (χ3n) is 2.82. The molecule has 0 saturated heterocycles. The average Bonchev–Trinajstić information content (AvgIpc) is 2.34. The molecule has 0 saturated carbocycles. The molecule has 1 aromatic rings. The van der Waals surface area contributed by atoms with E-state index in [-0.39, 0.29) is 12.1 Å². The molecule has 2 atom stereocenters. The summed E-state index contributed by atoms with van der Waals surface area (Å²) in [7, 11) is 3.27. The topological polar surface area (TPSA) is 50.7 Å². The summed E-state index contributed by atoms with van der Waals surface area (Å²) in [6, 6.07) is 6.07. The molecule has 0 radical (unpaired) electrons. The molecule has 0 bridgehead atoms. The van der Waals surface area contributed by atoms with E-state index in [1.54, 1.807) is 21.1 Å². The van der Waals surface area contributed by atoms with Crippen LogP contribution in [0.1, 0.15) is 25.8 Å². The number of aliphatic hydroxyl groups excluding tert-OH is 1. The molecular weight excluding hydrogens is 230 g/mol. The van der Waals surface area contributed by atoms with Gasteiger partial charge in [0.2, 0.25) is 0 Å². The normalized spacial score (nSPS) is 14.1. The molecule has 0 aliphatic carbocycles. The number of hydrogen-bond acceptors (Lipinski definition) is 4. The zero-order valence-corrected chi connectivity index (χ0v) is 11.6. The Labute approximate surface area is 109 Å². The zero-order valence-electron chi connectivity index (χ0n) is 11.6. The first-order valence-electron chi connectivity index (χ1n) is 6.19. The second-order valence-electron chi connectivity index (χ2n) is 4.52. The van der Waals surface area contributed by atoms with Crippen LogP contribution in [0.5, 0.6) is 11.5 Å². The molecule has 4 heteroatoms. The van der Waals surface area contributed by atoms with Crippen molar-refractivity contribution in [1.82, 2.24) is 5.32 Å². The van der Waals surface area contributed by atoms with Gasteiger partial charge in [0.15, 0.2) is 11.5 Å². The lowest BCUT2D eigenvalue weighted by molar-refractivity contribution is 0.170. The number of rotatable bonds is 7. The highest BCUT2D eigenvalue weighted by Crippen LogP contribution is 2.30. The van der Waals surface area contributed by atoms with Crippen molar-refractivity contribution in [3.05, 3.63) is 23.8 Å². The van der Waals surface area contributed by atoms with Gasteiger partial charge < -0.3 is 19.9 Å². The fraction of sp³-hybridized carbons (Fsp3) is 0.571. The van der Waals surface area contributed by atoms with E-state index in [1.165, 1.54) is 0 Å². The second kappa shape index (κ2) is 7.24. The summed E-state index contributed by atoms with van der Waals surface area (Å²) in [6.45, 7) is 4.54. The zero-order chi connectivity index (χ0) is 13.5. The maximum atomic E-state index is 9.32. The van der Waals surface area contributed by atoms with Crippen LogP contribution in [-0.4, -0.2) is 31.5 Å². The minimum Gasteiger partial charge on any atom is -0.493 e. The molecule has 2 N–H and O–H groups in total. The summed E-state index contributed by atoms with van der Waals surface area (Å²) in [5.41, 5.74) is 1.05. The van der Waals surface area contributed by atoms with Gasteiger partial charge in [-0.2, -0.15) is 0 Å². The van der Waals surface area contributed by atoms with Gasteiger partial charge in [0.05, 0.1) is 20.3 Å². The van der Waals surface area contributed by atoms with Gasteiger partial charge in [0.25, 0.3) is 0 Å². The van der Waals surface area contributed by atoms with E-state index in [0.717, 1.165) is 23.5 Å². The molecule has 0 aromatic heterocycles. The fourth-order valence-corrected chi connectivity index (χ4v) is 1.97. The van der Waals surface area contributed by atoms with Crippen molar-refractivity contribution in [3.63, 3.8) is 0 Å². The van der Waals surface area contributed by atoms with Crippen molar-refractivity contribution in [2.75, 3.05) is 14.2 Å². The average molecular weight is 253 g/mol. The number of ether oxygens (including phenoxy) is 2. The monoisotopic (exact) mass is 253 g/mol. The van der Waals surface area contributed by atoms with E-state index in [4.69, 9.17) is 9.47 Å². The van der Waals surface area contributed by atoms with Crippen LogP contribution in [0, 0.1) is 0 Å². The highest BCUT2D eigenvalue weighted by atomic mass is 16.5. The summed E-state index contributed by atoms with van der Waals surface area (Å²) in [5.74, 6) is 1.50. The summed E-state index contributed by atoms with van der Waals surface area (Å²) >= 11 is 0. The largest absolute Gasteiger partial charge is 0.493 e. The Morgan fingerprint density at radius 2 is 1.94 bits per heavy atom. The molecule has 1 rings (SSSR count). The predicted octanol–water partition coefficient (Wildman–Crippen LogP) is 1.95. The van der Waals surface area contributed by atoms with E-state index < -0.39 is 0 Å². The lowest BCUT2D eigenvalue weighted by Gasteiger charge is -2.17. The Morgan fingerprint density at radius 1 is 1.22 bits per heavy atom. The van der Waals surface area contributed by atoms with Crippen molar-refractivity contribution in [1.29, 1.82) is 0 Å². The van der Waals surface area contributed by atoms with Crippen molar-refractivity contribution >= 4 is 0 Å². The molecule has 0 heterocycles. The molecule has 1 aromatic carbocycles. The van der Waals surface area contributed by atoms with Gasteiger partial charge >= 0.3 is 0 Å². The molecule has 2 unspecified atom stereocenters. The minimum atomic E-state index is -0.292. The third kappa shape index (κ3) is 4.20. The van der Waals surface area contributed by atoms with Gasteiger partial charge in [0, 0.05) is 18.2 Å². The first-order chi connectivity index (χ1) is 8.58. The molecule has 102 valence electrons. The van der Waals surface area contributed by atoms with Crippen LogP contribution in [0.4, 0.5) is 0 Å². The van der Waals surface area contributed by atoms with Gasteiger partial charge in [0.1, 0.15) is 0 Å². The van der Waals surface area contributed by atoms with E-state index in [2.05, 4.69) is 12.2 Å². The Morgan fingerprint density at radius 3 is 2.50 bits per heavy atom. The van der Waals surface area contributed by atoms with Gasteiger partial charge in [-0.1, -0.05) is 12.1 Å². The summed E-state index contributed by atoms with van der Waals surface area (Å²) in [6.07, 6.45) is 0.437. The van der Waals surface area contributed by atoms with Crippen molar-refractivity contribution in [3.8, 4) is 11.5 Å². The van der Waals surface area contributed by atoms with Crippen LogP contribution in [0.25, 0.3) is 0 Å². The second-order valence-corrected chi connectivity index (χ2v) is 4.52. The predicted molar refractivity (Wildman–Crippen MR) is 72.1 cm³/mol. The number of benzene rings is 1. The van der Waals surface area contributed by atoms with E-state index in [9.17, 15) is 5.11 Å². The number of methoxy groups -OCH3 is 2. The first-order valence-corrected chi connectivity index (χ1v) is 6.19.